The summed E-state index contributed by atoms with van der Waals surface area (Å²) in [6.45, 7) is 10.6. The molecule has 19 heavy (non-hydrogen) atoms. The lowest BCUT2D eigenvalue weighted by atomic mass is 10.1. The fourth-order valence-electron chi connectivity index (χ4n) is 1.85. The van der Waals surface area contributed by atoms with E-state index in [1.54, 1.807) is 6.20 Å². The third-order valence-corrected chi connectivity index (χ3v) is 3.94. The van der Waals surface area contributed by atoms with Crippen LogP contribution in [0.25, 0.3) is 0 Å². The summed E-state index contributed by atoms with van der Waals surface area (Å²) in [5.74, 6) is 1.57. The molecule has 0 saturated heterocycles. The lowest BCUT2D eigenvalue weighted by Crippen LogP contribution is -2.33. The molecule has 0 saturated carbocycles. The smallest absolute Gasteiger partial charge is 0.128 e. The van der Waals surface area contributed by atoms with E-state index in [0.29, 0.717) is 12.0 Å². The van der Waals surface area contributed by atoms with E-state index >= 15 is 0 Å². The number of halogens is 1. The van der Waals surface area contributed by atoms with Crippen LogP contribution in [0.2, 0.25) is 5.02 Å². The van der Waals surface area contributed by atoms with Crippen LogP contribution in [0.3, 0.4) is 0 Å². The standard InChI is InChI=1S/C15H26ClN3/c1-6-7-17-9-13-8-15(18-10-14(13)16)19(5)12(4)11(2)3/h8,10-12,17H,6-7,9H2,1-5H3. The average molecular weight is 284 g/mol. The molecule has 0 aromatic carbocycles. The third kappa shape index (κ3) is 4.66. The summed E-state index contributed by atoms with van der Waals surface area (Å²) in [5, 5.41) is 4.11. The van der Waals surface area contributed by atoms with Gasteiger partial charge in [-0.25, -0.2) is 4.98 Å². The maximum atomic E-state index is 6.20. The van der Waals surface area contributed by atoms with E-state index in [2.05, 4.69) is 56.0 Å². The van der Waals surface area contributed by atoms with Crippen LogP contribution in [0.1, 0.15) is 39.7 Å². The van der Waals surface area contributed by atoms with Crippen molar-refractivity contribution < 1.29 is 0 Å². The average Bonchev–Trinajstić information content (AvgIpc) is 2.39. The fourth-order valence-corrected chi connectivity index (χ4v) is 2.02. The van der Waals surface area contributed by atoms with Crippen molar-refractivity contribution in [2.24, 2.45) is 5.92 Å². The Labute approximate surface area is 122 Å². The Morgan fingerprint density at radius 3 is 2.63 bits per heavy atom. The maximum absolute atomic E-state index is 6.20. The summed E-state index contributed by atoms with van der Waals surface area (Å²) in [6.07, 6.45) is 2.88. The molecule has 1 heterocycles. The zero-order valence-electron chi connectivity index (χ0n) is 12.7. The highest BCUT2D eigenvalue weighted by Gasteiger charge is 2.15. The lowest BCUT2D eigenvalue weighted by molar-refractivity contribution is 0.502. The molecule has 108 valence electrons. The molecule has 0 radical (unpaired) electrons. The minimum Gasteiger partial charge on any atom is -0.357 e. The molecule has 0 fully saturated rings. The summed E-state index contributed by atoms with van der Waals surface area (Å²) in [5.41, 5.74) is 1.11. The number of hydrogen-bond donors (Lipinski definition) is 1. The van der Waals surface area contributed by atoms with Crippen molar-refractivity contribution in [2.45, 2.75) is 46.7 Å². The quantitative estimate of drug-likeness (QED) is 0.773. The van der Waals surface area contributed by atoms with Crippen molar-refractivity contribution in [1.82, 2.24) is 10.3 Å². The van der Waals surface area contributed by atoms with Crippen molar-refractivity contribution in [1.29, 1.82) is 0 Å². The van der Waals surface area contributed by atoms with E-state index in [4.69, 9.17) is 11.6 Å². The van der Waals surface area contributed by atoms with Crippen LogP contribution < -0.4 is 10.2 Å². The monoisotopic (exact) mass is 283 g/mol. The highest BCUT2D eigenvalue weighted by molar-refractivity contribution is 6.31. The van der Waals surface area contributed by atoms with Crippen LogP contribution in [-0.2, 0) is 6.54 Å². The second kappa shape index (κ2) is 7.71. The third-order valence-electron chi connectivity index (χ3n) is 3.60. The van der Waals surface area contributed by atoms with E-state index in [1.807, 2.05) is 0 Å². The van der Waals surface area contributed by atoms with Gasteiger partial charge in [0.25, 0.3) is 0 Å². The van der Waals surface area contributed by atoms with Gasteiger partial charge in [-0.3, -0.25) is 0 Å². The number of pyridine rings is 1. The minimum atomic E-state index is 0.449. The van der Waals surface area contributed by atoms with Crippen LogP contribution in [0.4, 0.5) is 5.82 Å². The molecule has 1 aromatic heterocycles. The second-order valence-corrected chi connectivity index (χ2v) is 5.81. The SMILES string of the molecule is CCCNCc1cc(N(C)C(C)C(C)C)ncc1Cl. The zero-order chi connectivity index (χ0) is 14.4. The van der Waals surface area contributed by atoms with Crippen molar-refractivity contribution in [3.8, 4) is 0 Å². The largest absolute Gasteiger partial charge is 0.357 e. The molecule has 1 atom stereocenters. The van der Waals surface area contributed by atoms with Gasteiger partial charge in [-0.15, -0.1) is 0 Å². The van der Waals surface area contributed by atoms with Crippen molar-refractivity contribution in [3.63, 3.8) is 0 Å². The van der Waals surface area contributed by atoms with E-state index < -0.39 is 0 Å². The van der Waals surface area contributed by atoms with Crippen molar-refractivity contribution >= 4 is 17.4 Å². The van der Waals surface area contributed by atoms with E-state index in [9.17, 15) is 0 Å². The molecule has 0 amide bonds. The molecular weight excluding hydrogens is 258 g/mol. The minimum absolute atomic E-state index is 0.449. The van der Waals surface area contributed by atoms with Gasteiger partial charge in [-0.1, -0.05) is 32.4 Å². The molecule has 1 unspecified atom stereocenters. The fraction of sp³-hybridized carbons (Fsp3) is 0.667. The van der Waals surface area contributed by atoms with Gasteiger partial charge in [0.1, 0.15) is 5.82 Å². The summed E-state index contributed by atoms with van der Waals surface area (Å²) in [6, 6.07) is 2.54. The highest BCUT2D eigenvalue weighted by atomic mass is 35.5. The Hall–Kier alpha value is -0.800. The Morgan fingerprint density at radius 2 is 2.05 bits per heavy atom. The molecule has 0 bridgehead atoms. The zero-order valence-corrected chi connectivity index (χ0v) is 13.5. The van der Waals surface area contributed by atoms with Gasteiger partial charge in [0.05, 0.1) is 5.02 Å². The van der Waals surface area contributed by atoms with Crippen LogP contribution in [0, 0.1) is 5.92 Å². The summed E-state index contributed by atoms with van der Waals surface area (Å²) < 4.78 is 0. The predicted octanol–water partition coefficient (Wildman–Crippen LogP) is 3.72. The molecule has 0 aliphatic carbocycles. The van der Waals surface area contributed by atoms with Gasteiger partial charge in [-0.2, -0.15) is 0 Å². The highest BCUT2D eigenvalue weighted by Crippen LogP contribution is 2.22. The van der Waals surface area contributed by atoms with Gasteiger partial charge in [0, 0.05) is 25.8 Å². The number of aromatic nitrogens is 1. The van der Waals surface area contributed by atoms with Crippen LogP contribution >= 0.6 is 11.6 Å². The Bertz CT molecular complexity index is 393. The molecule has 0 spiro atoms. The maximum Gasteiger partial charge on any atom is 0.128 e. The first-order valence-corrected chi connectivity index (χ1v) is 7.43. The molecule has 1 rings (SSSR count). The molecule has 3 nitrogen and oxygen atoms in total. The van der Waals surface area contributed by atoms with Crippen LogP contribution in [0.5, 0.6) is 0 Å². The van der Waals surface area contributed by atoms with Gasteiger partial charge in [0.15, 0.2) is 0 Å². The number of nitrogens with one attached hydrogen (secondary N) is 1. The summed E-state index contributed by atoms with van der Waals surface area (Å²) >= 11 is 6.20. The predicted molar refractivity (Wildman–Crippen MR) is 83.9 cm³/mol. The lowest BCUT2D eigenvalue weighted by Gasteiger charge is -2.29. The van der Waals surface area contributed by atoms with Crippen molar-refractivity contribution in [3.05, 3.63) is 22.8 Å². The van der Waals surface area contributed by atoms with E-state index in [1.165, 1.54) is 0 Å². The first-order valence-electron chi connectivity index (χ1n) is 7.05. The summed E-state index contributed by atoms with van der Waals surface area (Å²) in [4.78, 5) is 6.65. The Morgan fingerprint density at radius 1 is 1.37 bits per heavy atom. The number of nitrogens with zero attached hydrogens (tertiary/aromatic N) is 2. The Balaban J connectivity index is 2.82. The summed E-state index contributed by atoms with van der Waals surface area (Å²) in [7, 11) is 2.09. The Kier molecular flexibility index (Phi) is 6.59. The normalized spacial score (nSPS) is 12.8. The molecular formula is C15H26ClN3. The molecule has 1 aromatic rings. The molecule has 0 aliphatic rings. The van der Waals surface area contributed by atoms with Gasteiger partial charge in [0.2, 0.25) is 0 Å². The van der Waals surface area contributed by atoms with Gasteiger partial charge in [-0.05, 0) is 37.4 Å². The van der Waals surface area contributed by atoms with Crippen LogP contribution in [0.15, 0.2) is 12.3 Å². The number of hydrogen-bond acceptors (Lipinski definition) is 3. The first kappa shape index (κ1) is 16.3. The molecule has 4 heteroatoms. The number of rotatable bonds is 7. The van der Waals surface area contributed by atoms with E-state index in [-0.39, 0.29) is 0 Å². The molecule has 1 N–H and O–H groups in total. The van der Waals surface area contributed by atoms with Crippen LogP contribution in [-0.4, -0.2) is 24.6 Å². The topological polar surface area (TPSA) is 28.2 Å². The van der Waals surface area contributed by atoms with Gasteiger partial charge < -0.3 is 10.2 Å². The first-order chi connectivity index (χ1) is 8.97. The van der Waals surface area contributed by atoms with E-state index in [0.717, 1.165) is 35.9 Å². The molecule has 0 aliphatic heterocycles. The number of anilines is 1. The second-order valence-electron chi connectivity index (χ2n) is 5.41. The van der Waals surface area contributed by atoms with Crippen molar-refractivity contribution in [2.75, 3.05) is 18.5 Å². The van der Waals surface area contributed by atoms with Gasteiger partial charge >= 0.3 is 0 Å².